The average molecular weight is 277 g/mol. The molecule has 0 unspecified atom stereocenters. The van der Waals surface area contributed by atoms with Gasteiger partial charge in [-0.05, 0) is 42.0 Å². The average Bonchev–Trinajstić information content (AvgIpc) is 2.46. The number of halogens is 1. The molecular weight excluding hydrogens is 264 g/mol. The van der Waals surface area contributed by atoms with Crippen LogP contribution < -0.4 is 4.74 Å². The third-order valence-corrected chi connectivity index (χ3v) is 2.87. The zero-order valence-electron chi connectivity index (χ0n) is 10.2. The maximum absolute atomic E-state index is 11.9. The molecule has 0 aromatic heterocycles. The highest BCUT2D eigenvalue weighted by Crippen LogP contribution is 2.14. The van der Waals surface area contributed by atoms with Gasteiger partial charge in [0.2, 0.25) is 0 Å². The fourth-order valence-electron chi connectivity index (χ4n) is 1.60. The number of ketones is 1. The summed E-state index contributed by atoms with van der Waals surface area (Å²) < 4.78 is 5.40. The highest BCUT2D eigenvalue weighted by molar-refractivity contribution is 6.30. The van der Waals surface area contributed by atoms with Crippen LogP contribution >= 0.6 is 11.6 Å². The number of Topliss-reactive ketones (excluding diaryl/α,β-unsaturated/α-hetero) is 1. The van der Waals surface area contributed by atoms with Gasteiger partial charge in [-0.3, -0.25) is 4.79 Å². The van der Waals surface area contributed by atoms with Crippen LogP contribution in [0, 0.1) is 0 Å². The molecule has 0 aliphatic heterocycles. The molecular formula is C15H13ClO3. The second-order valence-electron chi connectivity index (χ2n) is 4.02. The Bertz CT molecular complexity index is 564. The number of hydrogen-bond donors (Lipinski definition) is 1. The molecule has 3 nitrogen and oxygen atoms in total. The standard InChI is InChI=1S/C15H13ClO3/c16-13-6-4-12(5-7-13)15(18)10-19-14-3-1-2-11(8-14)9-17/h1-8,17H,9-10H2. The number of aliphatic hydroxyl groups excluding tert-OH is 1. The number of hydrogen-bond acceptors (Lipinski definition) is 3. The maximum Gasteiger partial charge on any atom is 0.200 e. The minimum absolute atomic E-state index is 0.0451. The highest BCUT2D eigenvalue weighted by atomic mass is 35.5. The lowest BCUT2D eigenvalue weighted by molar-refractivity contribution is 0.0921. The highest BCUT2D eigenvalue weighted by Gasteiger charge is 2.06. The van der Waals surface area contributed by atoms with E-state index in [-0.39, 0.29) is 19.0 Å². The second-order valence-corrected chi connectivity index (χ2v) is 4.46. The van der Waals surface area contributed by atoms with Crippen LogP contribution in [0.25, 0.3) is 0 Å². The first-order valence-electron chi connectivity index (χ1n) is 5.80. The van der Waals surface area contributed by atoms with Crippen molar-refractivity contribution in [3.63, 3.8) is 0 Å². The Kier molecular flexibility index (Phi) is 4.55. The third kappa shape index (κ3) is 3.81. The summed E-state index contributed by atoms with van der Waals surface area (Å²) >= 11 is 5.76. The van der Waals surface area contributed by atoms with E-state index in [1.807, 2.05) is 0 Å². The largest absolute Gasteiger partial charge is 0.485 e. The molecule has 0 spiro atoms. The van der Waals surface area contributed by atoms with Crippen molar-refractivity contribution in [3.05, 3.63) is 64.7 Å². The molecule has 2 rings (SSSR count). The summed E-state index contributed by atoms with van der Waals surface area (Å²) in [6.45, 7) is -0.0984. The summed E-state index contributed by atoms with van der Waals surface area (Å²) in [5.74, 6) is 0.444. The van der Waals surface area contributed by atoms with Gasteiger partial charge in [0, 0.05) is 10.6 Å². The molecule has 2 aromatic rings. The number of carbonyl (C=O) groups is 1. The van der Waals surface area contributed by atoms with Gasteiger partial charge in [0.05, 0.1) is 6.61 Å². The van der Waals surface area contributed by atoms with Crippen molar-refractivity contribution in [3.8, 4) is 5.75 Å². The van der Waals surface area contributed by atoms with Gasteiger partial charge in [0.1, 0.15) is 5.75 Å². The molecule has 1 N–H and O–H groups in total. The first kappa shape index (κ1) is 13.6. The zero-order chi connectivity index (χ0) is 13.7. The number of benzene rings is 2. The molecule has 0 atom stereocenters. The minimum Gasteiger partial charge on any atom is -0.485 e. The lowest BCUT2D eigenvalue weighted by Gasteiger charge is -2.06. The molecule has 0 aliphatic rings. The molecule has 0 saturated heterocycles. The van der Waals surface area contributed by atoms with Gasteiger partial charge in [0.25, 0.3) is 0 Å². The molecule has 0 saturated carbocycles. The predicted octanol–water partition coefficient (Wildman–Crippen LogP) is 3.09. The molecule has 0 fully saturated rings. The molecule has 0 bridgehead atoms. The van der Waals surface area contributed by atoms with Gasteiger partial charge in [0.15, 0.2) is 12.4 Å². The molecule has 98 valence electrons. The predicted molar refractivity (Wildman–Crippen MR) is 73.6 cm³/mol. The van der Waals surface area contributed by atoms with Crippen LogP contribution in [0.5, 0.6) is 5.75 Å². The smallest absolute Gasteiger partial charge is 0.200 e. The first-order chi connectivity index (χ1) is 9.19. The summed E-state index contributed by atoms with van der Waals surface area (Å²) in [5.41, 5.74) is 1.30. The van der Waals surface area contributed by atoms with Crippen LogP contribution in [0.4, 0.5) is 0 Å². The third-order valence-electron chi connectivity index (χ3n) is 2.62. The van der Waals surface area contributed by atoms with Crippen molar-refractivity contribution >= 4 is 17.4 Å². The number of rotatable bonds is 5. The van der Waals surface area contributed by atoms with Crippen molar-refractivity contribution < 1.29 is 14.6 Å². The van der Waals surface area contributed by atoms with Crippen molar-refractivity contribution in [2.75, 3.05) is 6.61 Å². The molecule has 0 heterocycles. The van der Waals surface area contributed by atoms with Crippen molar-refractivity contribution in [2.24, 2.45) is 0 Å². The summed E-state index contributed by atoms with van der Waals surface area (Å²) in [6.07, 6.45) is 0. The van der Waals surface area contributed by atoms with E-state index in [1.165, 1.54) is 0 Å². The van der Waals surface area contributed by atoms with Crippen LogP contribution in [-0.2, 0) is 6.61 Å². The van der Waals surface area contributed by atoms with Gasteiger partial charge in [-0.1, -0.05) is 23.7 Å². The van der Waals surface area contributed by atoms with Crippen molar-refractivity contribution in [2.45, 2.75) is 6.61 Å². The molecule has 0 aliphatic carbocycles. The first-order valence-corrected chi connectivity index (χ1v) is 6.18. The molecule has 2 aromatic carbocycles. The van der Waals surface area contributed by atoms with Gasteiger partial charge in [-0.15, -0.1) is 0 Å². The Hall–Kier alpha value is -1.84. The molecule has 19 heavy (non-hydrogen) atoms. The summed E-state index contributed by atoms with van der Waals surface area (Å²) in [6, 6.07) is 13.7. The van der Waals surface area contributed by atoms with Crippen LogP contribution in [0.3, 0.4) is 0 Å². The quantitative estimate of drug-likeness (QED) is 0.854. The SMILES string of the molecule is O=C(COc1cccc(CO)c1)c1ccc(Cl)cc1. The van der Waals surface area contributed by atoms with Crippen LogP contribution in [-0.4, -0.2) is 17.5 Å². The second kappa shape index (κ2) is 6.36. The number of carbonyl (C=O) groups excluding carboxylic acids is 1. The molecule has 0 radical (unpaired) electrons. The topological polar surface area (TPSA) is 46.5 Å². The van der Waals surface area contributed by atoms with Crippen LogP contribution in [0.15, 0.2) is 48.5 Å². The Morgan fingerprint density at radius 1 is 1.16 bits per heavy atom. The van der Waals surface area contributed by atoms with E-state index >= 15 is 0 Å². The maximum atomic E-state index is 11.9. The van der Waals surface area contributed by atoms with E-state index in [9.17, 15) is 4.79 Å². The van der Waals surface area contributed by atoms with E-state index < -0.39 is 0 Å². The van der Waals surface area contributed by atoms with E-state index in [0.29, 0.717) is 16.3 Å². The van der Waals surface area contributed by atoms with Gasteiger partial charge >= 0.3 is 0 Å². The fourth-order valence-corrected chi connectivity index (χ4v) is 1.73. The van der Waals surface area contributed by atoms with Crippen LogP contribution in [0.1, 0.15) is 15.9 Å². The van der Waals surface area contributed by atoms with Gasteiger partial charge < -0.3 is 9.84 Å². The molecule has 4 heteroatoms. The summed E-state index contributed by atoms with van der Waals surface area (Å²) in [5, 5.41) is 9.60. The van der Waals surface area contributed by atoms with Crippen molar-refractivity contribution in [1.82, 2.24) is 0 Å². The lowest BCUT2D eigenvalue weighted by Crippen LogP contribution is -2.11. The minimum atomic E-state index is -0.119. The van der Waals surface area contributed by atoms with Crippen molar-refractivity contribution in [1.29, 1.82) is 0 Å². The normalized spacial score (nSPS) is 10.2. The van der Waals surface area contributed by atoms with Gasteiger partial charge in [-0.25, -0.2) is 0 Å². The summed E-state index contributed by atoms with van der Waals surface area (Å²) in [7, 11) is 0. The zero-order valence-corrected chi connectivity index (χ0v) is 10.9. The van der Waals surface area contributed by atoms with E-state index in [4.69, 9.17) is 21.4 Å². The Morgan fingerprint density at radius 2 is 1.89 bits per heavy atom. The lowest BCUT2D eigenvalue weighted by atomic mass is 10.1. The fraction of sp³-hybridized carbons (Fsp3) is 0.133. The molecule has 0 amide bonds. The Labute approximate surface area is 116 Å². The van der Waals surface area contributed by atoms with E-state index in [0.717, 1.165) is 5.56 Å². The van der Waals surface area contributed by atoms with Crippen LogP contribution in [0.2, 0.25) is 5.02 Å². The Balaban J connectivity index is 1.98. The van der Waals surface area contributed by atoms with E-state index in [1.54, 1.807) is 48.5 Å². The number of ether oxygens (including phenoxy) is 1. The number of aliphatic hydroxyl groups is 1. The Morgan fingerprint density at radius 3 is 2.58 bits per heavy atom. The van der Waals surface area contributed by atoms with Gasteiger partial charge in [-0.2, -0.15) is 0 Å². The van der Waals surface area contributed by atoms with E-state index in [2.05, 4.69) is 0 Å². The monoisotopic (exact) mass is 276 g/mol. The summed E-state index contributed by atoms with van der Waals surface area (Å²) in [4.78, 5) is 11.9.